The molecule has 0 aliphatic heterocycles. The third-order valence-electron chi connectivity index (χ3n) is 3.61. The van der Waals surface area contributed by atoms with Crippen molar-refractivity contribution in [3.05, 3.63) is 44.2 Å². The first kappa shape index (κ1) is 20.3. The van der Waals surface area contributed by atoms with Gasteiger partial charge in [0.15, 0.2) is 11.7 Å². The Morgan fingerprint density at radius 2 is 2.00 bits per heavy atom. The van der Waals surface area contributed by atoms with Gasteiger partial charge < -0.3 is 15.8 Å². The highest BCUT2D eigenvalue weighted by molar-refractivity contribution is 9.10. The maximum atomic E-state index is 12.0. The number of thiocarbonyl (C=S) groups is 1. The lowest BCUT2D eigenvalue weighted by atomic mass is 10.1. The highest BCUT2D eigenvalue weighted by Gasteiger charge is 2.18. The van der Waals surface area contributed by atoms with Crippen LogP contribution >= 0.6 is 39.5 Å². The summed E-state index contributed by atoms with van der Waals surface area (Å²) in [5.74, 6) is -0.337. The van der Waals surface area contributed by atoms with E-state index in [1.54, 1.807) is 6.07 Å². The topological polar surface area (TPSA) is 93.4 Å². The number of rotatable bonds is 5. The molecule has 0 aliphatic rings. The molecule has 2 aromatic rings. The van der Waals surface area contributed by atoms with Crippen LogP contribution in [0.5, 0.6) is 5.75 Å². The Balaban J connectivity index is 1.94. The number of carbonyl (C=O) groups is 2. The smallest absolute Gasteiger partial charge is 0.264 e. The van der Waals surface area contributed by atoms with Crippen molar-refractivity contribution >= 4 is 61.4 Å². The first-order valence-corrected chi connectivity index (χ1v) is 9.60. The lowest BCUT2D eigenvalue weighted by molar-refractivity contribution is -0.121. The average molecular weight is 456 g/mol. The molecule has 0 fully saturated rings. The largest absolute Gasteiger partial charge is 0.483 e. The molecule has 6 nitrogen and oxygen atoms in total. The van der Waals surface area contributed by atoms with Gasteiger partial charge in [-0.15, -0.1) is 11.3 Å². The Morgan fingerprint density at radius 3 is 2.62 bits per heavy atom. The van der Waals surface area contributed by atoms with E-state index in [1.807, 2.05) is 32.9 Å². The number of hydrogen-bond acceptors (Lipinski definition) is 5. The second-order valence-electron chi connectivity index (χ2n) is 5.55. The number of benzene rings is 1. The average Bonchev–Trinajstić information content (AvgIpc) is 2.80. The molecule has 2 amide bonds. The van der Waals surface area contributed by atoms with Crippen LogP contribution in [-0.2, 0) is 4.79 Å². The van der Waals surface area contributed by atoms with Gasteiger partial charge in [0.25, 0.3) is 11.8 Å². The van der Waals surface area contributed by atoms with E-state index in [9.17, 15) is 9.59 Å². The zero-order valence-electron chi connectivity index (χ0n) is 14.4. The van der Waals surface area contributed by atoms with E-state index < -0.39 is 11.8 Å². The van der Waals surface area contributed by atoms with E-state index in [4.69, 9.17) is 22.7 Å². The first-order valence-electron chi connectivity index (χ1n) is 7.58. The Labute approximate surface area is 169 Å². The van der Waals surface area contributed by atoms with Gasteiger partial charge >= 0.3 is 0 Å². The summed E-state index contributed by atoms with van der Waals surface area (Å²) >= 11 is 9.86. The summed E-state index contributed by atoms with van der Waals surface area (Å²) in [5.41, 5.74) is 7.50. The summed E-state index contributed by atoms with van der Waals surface area (Å²) < 4.78 is 6.43. The van der Waals surface area contributed by atoms with Gasteiger partial charge in [-0.3, -0.25) is 14.9 Å². The zero-order chi connectivity index (χ0) is 19.4. The number of nitrogens with two attached hydrogens (primary N) is 1. The number of primary amides is 1. The van der Waals surface area contributed by atoms with E-state index in [0.29, 0.717) is 16.3 Å². The van der Waals surface area contributed by atoms with Crippen LogP contribution in [0.4, 0.5) is 5.00 Å². The Kier molecular flexibility index (Phi) is 6.74. The van der Waals surface area contributed by atoms with Crippen molar-refractivity contribution in [2.45, 2.75) is 20.8 Å². The van der Waals surface area contributed by atoms with Gasteiger partial charge in [-0.1, -0.05) is 15.9 Å². The van der Waals surface area contributed by atoms with Crippen molar-refractivity contribution in [1.29, 1.82) is 0 Å². The van der Waals surface area contributed by atoms with E-state index >= 15 is 0 Å². The number of amides is 2. The van der Waals surface area contributed by atoms with Gasteiger partial charge in [-0.05, 0) is 62.3 Å². The summed E-state index contributed by atoms with van der Waals surface area (Å²) in [6, 6.07) is 5.51. The molecule has 0 spiro atoms. The molecule has 0 saturated heterocycles. The van der Waals surface area contributed by atoms with Crippen LogP contribution < -0.4 is 21.1 Å². The van der Waals surface area contributed by atoms with Gasteiger partial charge in [0.1, 0.15) is 10.8 Å². The fourth-order valence-corrected chi connectivity index (χ4v) is 4.05. The molecule has 4 N–H and O–H groups in total. The van der Waals surface area contributed by atoms with E-state index in [-0.39, 0.29) is 11.7 Å². The molecule has 0 atom stereocenters. The standard InChI is InChI=1S/C17H18BrN3O3S2/c1-8-6-11(18)4-5-12(8)24-7-13(22)20-17(25)21-16-14(15(19)23)9(2)10(3)26-16/h4-6H,7H2,1-3H3,(H2,19,23)(H2,20,21,22,25). The number of thiophene rings is 1. The monoisotopic (exact) mass is 455 g/mol. The second-order valence-corrected chi connectivity index (χ2v) is 8.10. The van der Waals surface area contributed by atoms with Crippen LogP contribution in [0.25, 0.3) is 0 Å². The summed E-state index contributed by atoms with van der Waals surface area (Å²) in [6.45, 7) is 5.40. The van der Waals surface area contributed by atoms with Gasteiger partial charge in [-0.25, -0.2) is 0 Å². The SMILES string of the molecule is Cc1cc(Br)ccc1OCC(=O)NC(=S)Nc1sc(C)c(C)c1C(N)=O. The molecular weight excluding hydrogens is 438 g/mol. The Morgan fingerprint density at radius 1 is 1.31 bits per heavy atom. The molecule has 0 saturated carbocycles. The third kappa shape index (κ3) is 5.03. The molecule has 1 heterocycles. The van der Waals surface area contributed by atoms with Gasteiger partial charge in [0, 0.05) is 9.35 Å². The summed E-state index contributed by atoms with van der Waals surface area (Å²) in [6.07, 6.45) is 0. The summed E-state index contributed by atoms with van der Waals surface area (Å²) in [4.78, 5) is 24.6. The minimum absolute atomic E-state index is 0.0786. The van der Waals surface area contributed by atoms with Crippen molar-refractivity contribution < 1.29 is 14.3 Å². The third-order valence-corrected chi connectivity index (χ3v) is 5.43. The molecule has 0 aliphatic carbocycles. The molecule has 0 radical (unpaired) electrons. The number of hydrogen-bond donors (Lipinski definition) is 3. The van der Waals surface area contributed by atoms with E-state index in [1.165, 1.54) is 11.3 Å². The second kappa shape index (κ2) is 8.61. The molecule has 26 heavy (non-hydrogen) atoms. The first-order chi connectivity index (χ1) is 12.2. The van der Waals surface area contributed by atoms with Crippen molar-refractivity contribution in [1.82, 2.24) is 5.32 Å². The lowest BCUT2D eigenvalue weighted by Gasteiger charge is -2.11. The molecular formula is C17H18BrN3O3S2. The number of carbonyl (C=O) groups excluding carboxylic acids is 2. The van der Waals surface area contributed by atoms with Gasteiger partial charge in [0.05, 0.1) is 5.56 Å². The lowest BCUT2D eigenvalue weighted by Crippen LogP contribution is -2.37. The van der Waals surface area contributed by atoms with Crippen molar-refractivity contribution in [3.8, 4) is 5.75 Å². The molecule has 0 unspecified atom stereocenters. The highest BCUT2D eigenvalue weighted by Crippen LogP contribution is 2.31. The number of halogens is 1. The number of nitrogens with one attached hydrogen (secondary N) is 2. The van der Waals surface area contributed by atoms with Crippen LogP contribution in [-0.4, -0.2) is 23.5 Å². The molecule has 1 aromatic heterocycles. The van der Waals surface area contributed by atoms with Crippen LogP contribution in [0, 0.1) is 20.8 Å². The maximum absolute atomic E-state index is 12.0. The number of ether oxygens (including phenoxy) is 1. The molecule has 1 aromatic carbocycles. The summed E-state index contributed by atoms with van der Waals surface area (Å²) in [7, 11) is 0. The molecule has 9 heteroatoms. The van der Waals surface area contributed by atoms with Gasteiger partial charge in [0.2, 0.25) is 0 Å². The van der Waals surface area contributed by atoms with Crippen LogP contribution in [0.15, 0.2) is 22.7 Å². The molecule has 138 valence electrons. The van der Waals surface area contributed by atoms with Crippen LogP contribution in [0.1, 0.15) is 26.4 Å². The predicted octanol–water partition coefficient (Wildman–Crippen LogP) is 3.43. The summed E-state index contributed by atoms with van der Waals surface area (Å²) in [5, 5.41) is 5.98. The quantitative estimate of drug-likeness (QED) is 0.600. The van der Waals surface area contributed by atoms with Crippen molar-refractivity contribution in [2.24, 2.45) is 5.73 Å². The van der Waals surface area contributed by atoms with Crippen LogP contribution in [0.2, 0.25) is 0 Å². The van der Waals surface area contributed by atoms with E-state index in [0.717, 1.165) is 20.5 Å². The van der Waals surface area contributed by atoms with Gasteiger partial charge in [-0.2, -0.15) is 0 Å². The molecule has 2 rings (SSSR count). The highest BCUT2D eigenvalue weighted by atomic mass is 79.9. The Hall–Kier alpha value is -1.97. The van der Waals surface area contributed by atoms with Crippen molar-refractivity contribution in [3.63, 3.8) is 0 Å². The molecule has 0 bridgehead atoms. The number of aryl methyl sites for hydroxylation is 2. The predicted molar refractivity (Wildman–Crippen MR) is 111 cm³/mol. The normalized spacial score (nSPS) is 10.3. The fraction of sp³-hybridized carbons (Fsp3) is 0.235. The van der Waals surface area contributed by atoms with E-state index in [2.05, 4.69) is 26.6 Å². The minimum Gasteiger partial charge on any atom is -0.483 e. The van der Waals surface area contributed by atoms with Crippen LogP contribution in [0.3, 0.4) is 0 Å². The number of anilines is 1. The Bertz CT molecular complexity index is 880. The zero-order valence-corrected chi connectivity index (χ0v) is 17.7. The minimum atomic E-state index is -0.544. The maximum Gasteiger partial charge on any atom is 0.264 e. The van der Waals surface area contributed by atoms with Crippen molar-refractivity contribution in [2.75, 3.05) is 11.9 Å². The fourth-order valence-electron chi connectivity index (χ4n) is 2.23.